The molecule has 0 amide bonds. The summed E-state index contributed by atoms with van der Waals surface area (Å²) in [5, 5.41) is 3.75. The molecule has 0 saturated heterocycles. The molecular weight excluding hydrogens is 356 g/mol. The number of esters is 1. The minimum atomic E-state index is -0.387. The monoisotopic (exact) mass is 368 g/mol. The predicted octanol–water partition coefficient (Wildman–Crippen LogP) is 4.61. The lowest BCUT2D eigenvalue weighted by Gasteiger charge is -2.11. The van der Waals surface area contributed by atoms with Crippen molar-refractivity contribution in [2.24, 2.45) is 0 Å². The quantitative estimate of drug-likeness (QED) is 0.610. The number of nitrogens with two attached hydrogens (primary N) is 1. The summed E-state index contributed by atoms with van der Waals surface area (Å²) in [6, 6.07) is 10.5. The summed E-state index contributed by atoms with van der Waals surface area (Å²) in [5.41, 5.74) is 8.34. The second-order valence-electron chi connectivity index (χ2n) is 4.28. The third-order valence-corrected chi connectivity index (χ3v) is 3.99. The Balaban J connectivity index is 2.21. The van der Waals surface area contributed by atoms with Crippen LogP contribution in [-0.2, 0) is 4.74 Å². The Morgan fingerprint density at radius 2 is 2.10 bits per heavy atom. The van der Waals surface area contributed by atoms with Gasteiger partial charge in [0, 0.05) is 10.2 Å². The van der Waals surface area contributed by atoms with Crippen LogP contribution in [0.1, 0.15) is 17.3 Å². The van der Waals surface area contributed by atoms with Crippen molar-refractivity contribution in [2.75, 3.05) is 17.7 Å². The molecule has 0 spiro atoms. The Morgan fingerprint density at radius 1 is 1.33 bits per heavy atom. The van der Waals surface area contributed by atoms with E-state index in [9.17, 15) is 4.79 Å². The number of benzene rings is 2. The van der Waals surface area contributed by atoms with Crippen LogP contribution in [0.2, 0.25) is 5.02 Å². The van der Waals surface area contributed by atoms with Crippen LogP contribution in [0.15, 0.2) is 40.9 Å². The topological polar surface area (TPSA) is 64.3 Å². The van der Waals surface area contributed by atoms with Crippen LogP contribution < -0.4 is 11.1 Å². The maximum absolute atomic E-state index is 11.6. The highest BCUT2D eigenvalue weighted by Crippen LogP contribution is 2.29. The SMILES string of the molecule is CCOC(=O)c1ccc(Nc2ccc(Br)c(Cl)c2)c(N)c1. The average Bonchev–Trinajstić information content (AvgIpc) is 2.45. The highest BCUT2D eigenvalue weighted by molar-refractivity contribution is 9.10. The van der Waals surface area contributed by atoms with Crippen molar-refractivity contribution in [3.8, 4) is 0 Å². The lowest BCUT2D eigenvalue weighted by Crippen LogP contribution is -2.06. The van der Waals surface area contributed by atoms with Crippen LogP contribution in [0.5, 0.6) is 0 Å². The smallest absolute Gasteiger partial charge is 0.338 e. The third kappa shape index (κ3) is 3.89. The summed E-state index contributed by atoms with van der Waals surface area (Å²) >= 11 is 9.38. The van der Waals surface area contributed by atoms with E-state index in [-0.39, 0.29) is 5.97 Å². The number of carbonyl (C=O) groups is 1. The fraction of sp³-hybridized carbons (Fsp3) is 0.133. The molecule has 0 bridgehead atoms. The Morgan fingerprint density at radius 3 is 2.71 bits per heavy atom. The zero-order valence-electron chi connectivity index (χ0n) is 11.3. The third-order valence-electron chi connectivity index (χ3n) is 2.76. The number of rotatable bonds is 4. The summed E-state index contributed by atoms with van der Waals surface area (Å²) in [6.07, 6.45) is 0. The van der Waals surface area contributed by atoms with E-state index in [1.54, 1.807) is 31.2 Å². The predicted molar refractivity (Wildman–Crippen MR) is 89.2 cm³/mol. The first-order valence-corrected chi connectivity index (χ1v) is 7.47. The van der Waals surface area contributed by atoms with Gasteiger partial charge in [0.05, 0.1) is 28.6 Å². The molecule has 2 aromatic carbocycles. The van der Waals surface area contributed by atoms with Crippen molar-refractivity contribution in [3.05, 3.63) is 51.5 Å². The van der Waals surface area contributed by atoms with Gasteiger partial charge in [0.1, 0.15) is 0 Å². The van der Waals surface area contributed by atoms with Crippen molar-refractivity contribution >= 4 is 50.6 Å². The van der Waals surface area contributed by atoms with Gasteiger partial charge in [-0.2, -0.15) is 0 Å². The average molecular weight is 370 g/mol. The molecule has 0 aliphatic heterocycles. The second-order valence-corrected chi connectivity index (χ2v) is 5.54. The van der Waals surface area contributed by atoms with E-state index < -0.39 is 0 Å². The van der Waals surface area contributed by atoms with E-state index in [1.807, 2.05) is 12.1 Å². The van der Waals surface area contributed by atoms with Crippen molar-refractivity contribution in [1.82, 2.24) is 0 Å². The Kier molecular flexibility index (Phi) is 5.09. The van der Waals surface area contributed by atoms with E-state index >= 15 is 0 Å². The first kappa shape index (κ1) is 15.7. The molecular formula is C15H14BrClN2O2. The molecule has 0 heterocycles. The Bertz CT molecular complexity index is 677. The first-order valence-electron chi connectivity index (χ1n) is 6.30. The summed E-state index contributed by atoms with van der Waals surface area (Å²) in [7, 11) is 0. The minimum absolute atomic E-state index is 0.329. The largest absolute Gasteiger partial charge is 0.462 e. The Labute approximate surface area is 136 Å². The molecule has 0 fully saturated rings. The van der Waals surface area contributed by atoms with Crippen LogP contribution in [0, 0.1) is 0 Å². The van der Waals surface area contributed by atoms with Gasteiger partial charge in [-0.05, 0) is 59.3 Å². The maximum atomic E-state index is 11.6. The van der Waals surface area contributed by atoms with Gasteiger partial charge in [0.15, 0.2) is 0 Å². The molecule has 0 saturated carbocycles. The van der Waals surface area contributed by atoms with E-state index in [0.29, 0.717) is 28.6 Å². The summed E-state index contributed by atoms with van der Waals surface area (Å²) in [4.78, 5) is 11.6. The lowest BCUT2D eigenvalue weighted by molar-refractivity contribution is 0.0526. The van der Waals surface area contributed by atoms with Gasteiger partial charge in [-0.1, -0.05) is 11.6 Å². The zero-order valence-corrected chi connectivity index (χ0v) is 13.7. The highest BCUT2D eigenvalue weighted by atomic mass is 79.9. The van der Waals surface area contributed by atoms with Crippen LogP contribution in [0.25, 0.3) is 0 Å². The van der Waals surface area contributed by atoms with Crippen LogP contribution in [0.4, 0.5) is 17.1 Å². The number of anilines is 3. The van der Waals surface area contributed by atoms with Crippen molar-refractivity contribution in [2.45, 2.75) is 6.92 Å². The van der Waals surface area contributed by atoms with Gasteiger partial charge in [-0.25, -0.2) is 4.79 Å². The molecule has 4 nitrogen and oxygen atoms in total. The number of halogens is 2. The van der Waals surface area contributed by atoms with E-state index in [2.05, 4.69) is 21.2 Å². The highest BCUT2D eigenvalue weighted by Gasteiger charge is 2.09. The number of ether oxygens (including phenoxy) is 1. The normalized spacial score (nSPS) is 10.2. The van der Waals surface area contributed by atoms with E-state index in [4.69, 9.17) is 22.1 Å². The molecule has 0 aliphatic rings. The molecule has 0 aromatic heterocycles. The molecule has 110 valence electrons. The number of hydrogen-bond donors (Lipinski definition) is 2. The number of nitrogen functional groups attached to an aromatic ring is 1. The minimum Gasteiger partial charge on any atom is -0.462 e. The van der Waals surface area contributed by atoms with E-state index in [1.165, 1.54) is 0 Å². The molecule has 0 radical (unpaired) electrons. The van der Waals surface area contributed by atoms with Crippen LogP contribution in [0.3, 0.4) is 0 Å². The lowest BCUT2D eigenvalue weighted by atomic mass is 10.1. The van der Waals surface area contributed by atoms with Gasteiger partial charge >= 0.3 is 5.97 Å². The van der Waals surface area contributed by atoms with Gasteiger partial charge in [-0.3, -0.25) is 0 Å². The standard InChI is InChI=1S/C15H14BrClN2O2/c1-2-21-15(20)9-3-6-14(13(18)7-9)19-10-4-5-11(16)12(17)8-10/h3-8,19H,2,18H2,1H3. The molecule has 2 aromatic rings. The molecule has 0 atom stereocenters. The second kappa shape index (κ2) is 6.83. The number of carbonyl (C=O) groups excluding carboxylic acids is 1. The first-order chi connectivity index (χ1) is 10.0. The van der Waals surface area contributed by atoms with Gasteiger partial charge in [0.25, 0.3) is 0 Å². The van der Waals surface area contributed by atoms with Crippen LogP contribution >= 0.6 is 27.5 Å². The maximum Gasteiger partial charge on any atom is 0.338 e. The molecule has 21 heavy (non-hydrogen) atoms. The summed E-state index contributed by atoms with van der Waals surface area (Å²) in [5.74, 6) is -0.387. The molecule has 0 aliphatic carbocycles. The molecule has 2 rings (SSSR count). The van der Waals surface area contributed by atoms with Crippen molar-refractivity contribution < 1.29 is 9.53 Å². The van der Waals surface area contributed by atoms with Crippen LogP contribution in [-0.4, -0.2) is 12.6 Å². The molecule has 6 heteroatoms. The fourth-order valence-electron chi connectivity index (χ4n) is 1.75. The number of hydrogen-bond acceptors (Lipinski definition) is 4. The van der Waals surface area contributed by atoms with E-state index in [0.717, 1.165) is 10.2 Å². The van der Waals surface area contributed by atoms with Crippen molar-refractivity contribution in [1.29, 1.82) is 0 Å². The van der Waals surface area contributed by atoms with Crippen molar-refractivity contribution in [3.63, 3.8) is 0 Å². The fourth-order valence-corrected chi connectivity index (χ4v) is 2.17. The summed E-state index contributed by atoms with van der Waals surface area (Å²) < 4.78 is 5.75. The number of nitrogens with one attached hydrogen (secondary N) is 1. The zero-order chi connectivity index (χ0) is 15.4. The van der Waals surface area contributed by atoms with Gasteiger partial charge in [0.2, 0.25) is 0 Å². The molecule has 3 N–H and O–H groups in total. The molecule has 0 unspecified atom stereocenters. The van der Waals surface area contributed by atoms with Gasteiger partial charge in [-0.15, -0.1) is 0 Å². The Hall–Kier alpha value is -1.72. The summed E-state index contributed by atoms with van der Waals surface area (Å²) in [6.45, 7) is 2.09. The van der Waals surface area contributed by atoms with Gasteiger partial charge < -0.3 is 15.8 Å².